The van der Waals surface area contributed by atoms with E-state index in [-0.39, 0.29) is 6.42 Å². The van der Waals surface area contributed by atoms with Crippen LogP contribution in [-0.4, -0.2) is 34.6 Å². The molecule has 0 rings (SSSR count). The lowest BCUT2D eigenvalue weighted by Gasteiger charge is -2.32. The van der Waals surface area contributed by atoms with Crippen LogP contribution in [0.2, 0.25) is 0 Å². The van der Waals surface area contributed by atoms with Crippen LogP contribution in [0.25, 0.3) is 0 Å². The molecule has 1 atom stereocenters. The monoisotopic (exact) mass is 215 g/mol. The molecule has 3 heteroatoms. The number of rotatable bonds is 8. The number of hydrogen-bond acceptors (Lipinski definition) is 2. The molecular weight excluding hydrogens is 190 g/mol. The molecule has 1 N–H and O–H groups in total. The second kappa shape index (κ2) is 7.69. The average Bonchev–Trinajstić information content (AvgIpc) is 2.11. The lowest BCUT2D eigenvalue weighted by Crippen LogP contribution is -2.39. The van der Waals surface area contributed by atoms with Crippen LogP contribution in [0.1, 0.15) is 53.4 Å². The number of carbonyl (C=O) groups is 1. The molecule has 0 aromatic rings. The van der Waals surface area contributed by atoms with Gasteiger partial charge in [-0.15, -0.1) is 0 Å². The number of nitrogens with zero attached hydrogens (tertiary/aromatic N) is 1. The third kappa shape index (κ3) is 6.50. The Bertz CT molecular complexity index is 180. The largest absolute Gasteiger partial charge is 0.481 e. The van der Waals surface area contributed by atoms with Crippen LogP contribution in [-0.2, 0) is 4.79 Å². The summed E-state index contributed by atoms with van der Waals surface area (Å²) in [5.41, 5.74) is 0. The number of hydrogen-bond donors (Lipinski definition) is 1. The van der Waals surface area contributed by atoms with Crippen LogP contribution in [0.4, 0.5) is 0 Å². The number of carboxylic acid groups (broad SMARTS) is 1. The first kappa shape index (κ1) is 14.4. The van der Waals surface area contributed by atoms with Crippen molar-refractivity contribution in [2.24, 2.45) is 0 Å². The standard InChI is InChI=1S/C12H25NO2/c1-5-7-11(4)13(10(2)3)9-6-8-12(14)15/h10-11H,5-9H2,1-4H3,(H,14,15). The van der Waals surface area contributed by atoms with Gasteiger partial charge in [0.25, 0.3) is 0 Å². The van der Waals surface area contributed by atoms with E-state index in [1.54, 1.807) is 0 Å². The molecule has 0 spiro atoms. The molecule has 90 valence electrons. The Balaban J connectivity index is 3.98. The first-order valence-corrected chi connectivity index (χ1v) is 5.96. The lowest BCUT2D eigenvalue weighted by molar-refractivity contribution is -0.137. The molecule has 0 saturated carbocycles. The Hall–Kier alpha value is -0.570. The van der Waals surface area contributed by atoms with Gasteiger partial charge in [-0.05, 0) is 40.2 Å². The first-order chi connectivity index (χ1) is 6.99. The van der Waals surface area contributed by atoms with E-state index in [1.807, 2.05) is 0 Å². The summed E-state index contributed by atoms with van der Waals surface area (Å²) in [6.07, 6.45) is 3.40. The predicted molar refractivity (Wildman–Crippen MR) is 63.1 cm³/mol. The maximum Gasteiger partial charge on any atom is 0.303 e. The molecule has 0 bridgehead atoms. The Morgan fingerprint density at radius 3 is 2.33 bits per heavy atom. The minimum absolute atomic E-state index is 0.280. The predicted octanol–water partition coefficient (Wildman–Crippen LogP) is 2.75. The summed E-state index contributed by atoms with van der Waals surface area (Å²) in [6, 6.07) is 1.06. The third-order valence-corrected chi connectivity index (χ3v) is 2.74. The molecule has 0 heterocycles. The van der Waals surface area contributed by atoms with Crippen molar-refractivity contribution in [3.05, 3.63) is 0 Å². The molecule has 0 amide bonds. The van der Waals surface area contributed by atoms with Crippen molar-refractivity contribution in [1.82, 2.24) is 4.90 Å². The maximum atomic E-state index is 10.4. The van der Waals surface area contributed by atoms with Crippen molar-refractivity contribution in [2.75, 3.05) is 6.54 Å². The Morgan fingerprint density at radius 2 is 1.93 bits per heavy atom. The van der Waals surface area contributed by atoms with E-state index in [9.17, 15) is 4.79 Å². The zero-order valence-electron chi connectivity index (χ0n) is 10.5. The molecule has 1 unspecified atom stereocenters. The molecule has 3 nitrogen and oxygen atoms in total. The zero-order chi connectivity index (χ0) is 11.8. The van der Waals surface area contributed by atoms with Crippen molar-refractivity contribution in [3.8, 4) is 0 Å². The molecule has 0 aliphatic carbocycles. The highest BCUT2D eigenvalue weighted by molar-refractivity contribution is 5.66. The normalized spacial score (nSPS) is 13.5. The van der Waals surface area contributed by atoms with Gasteiger partial charge in [-0.25, -0.2) is 0 Å². The topological polar surface area (TPSA) is 40.5 Å². The molecule has 15 heavy (non-hydrogen) atoms. The molecular formula is C12H25NO2. The van der Waals surface area contributed by atoms with Crippen LogP contribution in [0, 0.1) is 0 Å². The quantitative estimate of drug-likeness (QED) is 0.677. The minimum atomic E-state index is -0.693. The molecule has 0 aromatic carbocycles. The Labute approximate surface area is 93.5 Å². The van der Waals surface area contributed by atoms with Crippen molar-refractivity contribution < 1.29 is 9.90 Å². The Morgan fingerprint density at radius 1 is 1.33 bits per heavy atom. The van der Waals surface area contributed by atoms with Crippen molar-refractivity contribution >= 4 is 5.97 Å². The van der Waals surface area contributed by atoms with Crippen molar-refractivity contribution in [3.63, 3.8) is 0 Å². The van der Waals surface area contributed by atoms with Gasteiger partial charge in [0, 0.05) is 18.5 Å². The molecule has 0 fully saturated rings. The summed E-state index contributed by atoms with van der Waals surface area (Å²) in [6.45, 7) is 9.65. The number of aliphatic carboxylic acids is 1. The van der Waals surface area contributed by atoms with E-state index in [4.69, 9.17) is 5.11 Å². The van der Waals surface area contributed by atoms with Crippen LogP contribution < -0.4 is 0 Å². The van der Waals surface area contributed by atoms with Gasteiger partial charge >= 0.3 is 5.97 Å². The van der Waals surface area contributed by atoms with E-state index in [1.165, 1.54) is 12.8 Å². The highest BCUT2D eigenvalue weighted by atomic mass is 16.4. The minimum Gasteiger partial charge on any atom is -0.481 e. The van der Waals surface area contributed by atoms with Gasteiger partial charge in [0.2, 0.25) is 0 Å². The van der Waals surface area contributed by atoms with Gasteiger partial charge in [0.05, 0.1) is 0 Å². The lowest BCUT2D eigenvalue weighted by atomic mass is 10.1. The van der Waals surface area contributed by atoms with Gasteiger partial charge in [-0.3, -0.25) is 9.69 Å². The maximum absolute atomic E-state index is 10.4. The summed E-state index contributed by atoms with van der Waals surface area (Å²) >= 11 is 0. The average molecular weight is 215 g/mol. The molecule has 0 aromatic heterocycles. The van der Waals surface area contributed by atoms with Gasteiger partial charge in [0.15, 0.2) is 0 Å². The van der Waals surface area contributed by atoms with Crippen LogP contribution >= 0.6 is 0 Å². The van der Waals surface area contributed by atoms with Crippen molar-refractivity contribution in [1.29, 1.82) is 0 Å². The highest BCUT2D eigenvalue weighted by Crippen LogP contribution is 2.11. The third-order valence-electron chi connectivity index (χ3n) is 2.74. The van der Waals surface area contributed by atoms with Gasteiger partial charge in [-0.1, -0.05) is 13.3 Å². The van der Waals surface area contributed by atoms with E-state index < -0.39 is 5.97 Å². The van der Waals surface area contributed by atoms with Crippen molar-refractivity contribution in [2.45, 2.75) is 65.5 Å². The van der Waals surface area contributed by atoms with E-state index >= 15 is 0 Å². The summed E-state index contributed by atoms with van der Waals surface area (Å²) in [7, 11) is 0. The molecule has 0 aliphatic rings. The smallest absolute Gasteiger partial charge is 0.303 e. The summed E-state index contributed by atoms with van der Waals surface area (Å²) < 4.78 is 0. The van der Waals surface area contributed by atoms with E-state index in [0.29, 0.717) is 12.1 Å². The van der Waals surface area contributed by atoms with E-state index in [0.717, 1.165) is 13.0 Å². The van der Waals surface area contributed by atoms with Crippen LogP contribution in [0.15, 0.2) is 0 Å². The summed E-state index contributed by atoms with van der Waals surface area (Å²) in [5, 5.41) is 8.59. The fraction of sp³-hybridized carbons (Fsp3) is 0.917. The van der Waals surface area contributed by atoms with Crippen LogP contribution in [0.3, 0.4) is 0 Å². The zero-order valence-corrected chi connectivity index (χ0v) is 10.5. The second-order valence-electron chi connectivity index (χ2n) is 4.47. The highest BCUT2D eigenvalue weighted by Gasteiger charge is 2.16. The van der Waals surface area contributed by atoms with Crippen LogP contribution in [0.5, 0.6) is 0 Å². The summed E-state index contributed by atoms with van der Waals surface area (Å²) in [5.74, 6) is -0.693. The molecule has 0 aliphatic heterocycles. The van der Waals surface area contributed by atoms with Gasteiger partial charge in [-0.2, -0.15) is 0 Å². The molecule has 0 radical (unpaired) electrons. The summed E-state index contributed by atoms with van der Waals surface area (Å²) in [4.78, 5) is 12.8. The van der Waals surface area contributed by atoms with Gasteiger partial charge < -0.3 is 5.11 Å². The molecule has 0 saturated heterocycles. The SMILES string of the molecule is CCCC(C)N(CCCC(=O)O)C(C)C. The fourth-order valence-electron chi connectivity index (χ4n) is 1.98. The first-order valence-electron chi connectivity index (χ1n) is 5.96. The van der Waals surface area contributed by atoms with E-state index in [2.05, 4.69) is 32.6 Å². The fourth-order valence-corrected chi connectivity index (χ4v) is 1.98. The second-order valence-corrected chi connectivity index (χ2v) is 4.47. The van der Waals surface area contributed by atoms with Gasteiger partial charge in [0.1, 0.15) is 0 Å². The Kier molecular flexibility index (Phi) is 7.39. The number of carboxylic acids is 1.